The molecule has 0 spiro atoms. The molecule has 1 aromatic carbocycles. The van der Waals surface area contributed by atoms with Gasteiger partial charge in [0.1, 0.15) is 6.04 Å². The van der Waals surface area contributed by atoms with E-state index in [9.17, 15) is 4.79 Å². The van der Waals surface area contributed by atoms with Gasteiger partial charge in [-0.2, -0.15) is 5.10 Å². The van der Waals surface area contributed by atoms with Gasteiger partial charge >= 0.3 is 0 Å². The van der Waals surface area contributed by atoms with Gasteiger partial charge in [-0.1, -0.05) is 41.7 Å². The van der Waals surface area contributed by atoms with Gasteiger partial charge in [-0.15, -0.1) is 15.3 Å². The zero-order valence-corrected chi connectivity index (χ0v) is 17.7. The fraction of sp³-hybridized carbons (Fsp3) is 0.350. The number of hydrogen-bond donors (Lipinski definition) is 2. The summed E-state index contributed by atoms with van der Waals surface area (Å²) >= 11 is 1.34. The Morgan fingerprint density at radius 3 is 2.67 bits per heavy atom. The first kappa shape index (κ1) is 20.2. The number of anilines is 3. The maximum Gasteiger partial charge on any atom is 0.248 e. The quantitative estimate of drug-likeness (QED) is 0.596. The molecule has 2 aromatic heterocycles. The van der Waals surface area contributed by atoms with Crippen molar-refractivity contribution in [2.24, 2.45) is 0 Å². The zero-order chi connectivity index (χ0) is 20.9. The van der Waals surface area contributed by atoms with Crippen LogP contribution in [0.3, 0.4) is 0 Å². The molecule has 0 radical (unpaired) electrons. The summed E-state index contributed by atoms with van der Waals surface area (Å²) in [4.78, 5) is 16.9. The van der Waals surface area contributed by atoms with Gasteiger partial charge in [0.2, 0.25) is 16.2 Å². The van der Waals surface area contributed by atoms with Crippen LogP contribution in [-0.2, 0) is 4.79 Å². The lowest BCUT2D eigenvalue weighted by Gasteiger charge is -2.23. The van der Waals surface area contributed by atoms with Crippen molar-refractivity contribution >= 4 is 33.3 Å². The fourth-order valence-electron chi connectivity index (χ4n) is 3.55. The minimum Gasteiger partial charge on any atom is -0.355 e. The largest absolute Gasteiger partial charge is 0.355 e. The number of aromatic nitrogens is 4. The minimum atomic E-state index is -0.401. The number of amides is 1. The normalized spacial score (nSPS) is 17.2. The van der Waals surface area contributed by atoms with Crippen molar-refractivity contribution in [3.63, 3.8) is 0 Å². The standard InChI is InChI=1S/C20H24N8OS/c1-27(2)17(14-7-4-3-5-8-14)18(29)23-20-26-25-19(30-20)22-15-10-12-28(13-15)16-9-6-11-21-24-16/h3-9,11,15,17H,10,12-13H2,1-2H3,(H,22,25)(H,23,26,29)/t15-,17+/m1/s1. The second-order valence-electron chi connectivity index (χ2n) is 7.34. The molecule has 0 bridgehead atoms. The summed E-state index contributed by atoms with van der Waals surface area (Å²) in [6.07, 6.45) is 2.64. The highest BCUT2D eigenvalue weighted by molar-refractivity contribution is 7.19. The van der Waals surface area contributed by atoms with Crippen molar-refractivity contribution in [3.8, 4) is 0 Å². The second-order valence-corrected chi connectivity index (χ2v) is 8.31. The fourth-order valence-corrected chi connectivity index (χ4v) is 4.27. The van der Waals surface area contributed by atoms with Crippen molar-refractivity contribution in [2.45, 2.75) is 18.5 Å². The molecular weight excluding hydrogens is 400 g/mol. The van der Waals surface area contributed by atoms with E-state index < -0.39 is 6.04 Å². The summed E-state index contributed by atoms with van der Waals surface area (Å²) in [5.74, 6) is 0.742. The SMILES string of the molecule is CN(C)[C@H](C(=O)Nc1nnc(N[C@@H]2CCN(c3cccnn3)C2)s1)c1ccccc1. The molecule has 3 heterocycles. The molecule has 3 aromatic rings. The summed E-state index contributed by atoms with van der Waals surface area (Å²) in [6.45, 7) is 1.72. The van der Waals surface area contributed by atoms with Gasteiger partial charge in [0.05, 0.1) is 0 Å². The van der Waals surface area contributed by atoms with Gasteiger partial charge in [-0.25, -0.2) is 0 Å². The average molecular weight is 425 g/mol. The van der Waals surface area contributed by atoms with Crippen molar-refractivity contribution in [1.29, 1.82) is 0 Å². The van der Waals surface area contributed by atoms with Gasteiger partial charge in [0.25, 0.3) is 0 Å². The molecule has 1 saturated heterocycles. The molecule has 2 N–H and O–H groups in total. The molecule has 9 nitrogen and oxygen atoms in total. The molecule has 4 rings (SSSR count). The van der Waals surface area contributed by atoms with E-state index in [1.165, 1.54) is 11.3 Å². The van der Waals surface area contributed by atoms with Gasteiger partial charge in [-0.05, 0) is 38.2 Å². The summed E-state index contributed by atoms with van der Waals surface area (Å²) in [5, 5.41) is 23.9. The van der Waals surface area contributed by atoms with Crippen LogP contribution in [0.5, 0.6) is 0 Å². The molecule has 1 amide bonds. The highest BCUT2D eigenvalue weighted by Crippen LogP contribution is 2.26. The Morgan fingerprint density at radius 2 is 1.93 bits per heavy atom. The van der Waals surface area contributed by atoms with Crippen LogP contribution in [0.15, 0.2) is 48.7 Å². The highest BCUT2D eigenvalue weighted by atomic mass is 32.1. The van der Waals surface area contributed by atoms with E-state index in [1.54, 1.807) is 6.20 Å². The Labute approximate surface area is 179 Å². The Balaban J connectivity index is 1.36. The van der Waals surface area contributed by atoms with Crippen LogP contribution in [0.2, 0.25) is 0 Å². The minimum absolute atomic E-state index is 0.136. The van der Waals surface area contributed by atoms with Crippen LogP contribution in [0.25, 0.3) is 0 Å². The van der Waals surface area contributed by atoms with E-state index in [2.05, 4.69) is 35.9 Å². The van der Waals surface area contributed by atoms with Crippen LogP contribution in [0, 0.1) is 0 Å². The van der Waals surface area contributed by atoms with Gasteiger partial charge in [-0.3, -0.25) is 15.0 Å². The monoisotopic (exact) mass is 424 g/mol. The van der Waals surface area contributed by atoms with Gasteiger partial charge in [0.15, 0.2) is 5.82 Å². The van der Waals surface area contributed by atoms with E-state index in [4.69, 9.17) is 0 Å². The van der Waals surface area contributed by atoms with E-state index in [0.717, 1.165) is 30.9 Å². The summed E-state index contributed by atoms with van der Waals surface area (Å²) in [6, 6.07) is 13.4. The summed E-state index contributed by atoms with van der Waals surface area (Å²) in [7, 11) is 3.76. The van der Waals surface area contributed by atoms with Crippen molar-refractivity contribution in [2.75, 3.05) is 42.7 Å². The Hall–Kier alpha value is -3.11. The number of benzene rings is 1. The smallest absolute Gasteiger partial charge is 0.248 e. The predicted molar refractivity (Wildman–Crippen MR) is 118 cm³/mol. The summed E-state index contributed by atoms with van der Waals surface area (Å²) < 4.78 is 0. The third-order valence-corrected chi connectivity index (χ3v) is 5.70. The molecule has 0 saturated carbocycles. The van der Waals surface area contributed by atoms with Crippen LogP contribution in [-0.4, -0.2) is 64.4 Å². The molecule has 0 unspecified atom stereocenters. The molecule has 0 aliphatic carbocycles. The number of nitrogens with zero attached hydrogens (tertiary/aromatic N) is 6. The van der Waals surface area contributed by atoms with Crippen molar-refractivity contribution in [3.05, 3.63) is 54.2 Å². The van der Waals surface area contributed by atoms with Gasteiger partial charge < -0.3 is 10.2 Å². The number of carbonyl (C=O) groups excluding carboxylic acids is 1. The number of rotatable bonds is 7. The van der Waals surface area contributed by atoms with Crippen molar-refractivity contribution in [1.82, 2.24) is 25.3 Å². The zero-order valence-electron chi connectivity index (χ0n) is 16.9. The Morgan fingerprint density at radius 1 is 1.13 bits per heavy atom. The number of likely N-dealkylation sites (N-methyl/N-ethyl adjacent to an activating group) is 1. The first-order valence-corrected chi connectivity index (χ1v) is 10.6. The average Bonchev–Trinajstić information content (AvgIpc) is 3.39. The molecule has 1 fully saturated rings. The maximum absolute atomic E-state index is 12.9. The van der Waals surface area contributed by atoms with Crippen LogP contribution in [0.4, 0.5) is 16.1 Å². The number of carbonyl (C=O) groups is 1. The highest BCUT2D eigenvalue weighted by Gasteiger charge is 2.26. The molecule has 1 aliphatic heterocycles. The molecule has 10 heteroatoms. The van der Waals surface area contributed by atoms with E-state index >= 15 is 0 Å². The lowest BCUT2D eigenvalue weighted by Crippen LogP contribution is -2.32. The first-order valence-electron chi connectivity index (χ1n) is 9.75. The number of hydrogen-bond acceptors (Lipinski definition) is 9. The lowest BCUT2D eigenvalue weighted by atomic mass is 10.1. The van der Waals surface area contributed by atoms with Crippen LogP contribution >= 0.6 is 11.3 Å². The van der Waals surface area contributed by atoms with Gasteiger partial charge in [0, 0.05) is 25.3 Å². The van der Waals surface area contributed by atoms with E-state index in [0.29, 0.717) is 10.3 Å². The molecule has 2 atom stereocenters. The predicted octanol–water partition coefficient (Wildman–Crippen LogP) is 2.26. The lowest BCUT2D eigenvalue weighted by molar-refractivity contribution is -0.120. The molecule has 30 heavy (non-hydrogen) atoms. The van der Waals surface area contributed by atoms with E-state index in [-0.39, 0.29) is 11.9 Å². The van der Waals surface area contributed by atoms with Crippen molar-refractivity contribution < 1.29 is 4.79 Å². The molecule has 156 valence electrons. The topological polar surface area (TPSA) is 99.2 Å². The third-order valence-electron chi connectivity index (χ3n) is 4.93. The first-order chi connectivity index (χ1) is 14.6. The van der Waals surface area contributed by atoms with Crippen LogP contribution in [0.1, 0.15) is 18.0 Å². The Bertz CT molecular complexity index is 965. The van der Waals surface area contributed by atoms with E-state index in [1.807, 2.05) is 61.5 Å². The number of nitrogens with one attached hydrogen (secondary N) is 2. The Kier molecular flexibility index (Phi) is 6.15. The van der Waals surface area contributed by atoms with Crippen LogP contribution < -0.4 is 15.5 Å². The summed E-state index contributed by atoms with van der Waals surface area (Å²) in [5.41, 5.74) is 0.929. The maximum atomic E-state index is 12.9. The third kappa shape index (κ3) is 4.71. The second kappa shape index (κ2) is 9.14. The molecule has 1 aliphatic rings. The molecular formula is C20H24N8OS.